The lowest BCUT2D eigenvalue weighted by atomic mass is 9.90. The zero-order valence-electron chi connectivity index (χ0n) is 27.3. The molecule has 1 heterocycles. The predicted molar refractivity (Wildman–Crippen MR) is 179 cm³/mol. The molecule has 2 amide bonds. The molecular formula is C35H44Cl2N2O8. The number of hydrogen-bond donors (Lipinski definition) is 3. The van der Waals surface area contributed by atoms with Crippen LogP contribution in [0.15, 0.2) is 60.7 Å². The Kier molecular flexibility index (Phi) is 14.6. The molecule has 1 aliphatic heterocycles. The Hall–Kier alpha value is -3.60. The first-order chi connectivity index (χ1) is 22.3. The van der Waals surface area contributed by atoms with Crippen molar-refractivity contribution in [2.75, 3.05) is 7.11 Å². The molecule has 10 nitrogen and oxygen atoms in total. The van der Waals surface area contributed by atoms with E-state index in [1.165, 1.54) is 19.3 Å². The summed E-state index contributed by atoms with van der Waals surface area (Å²) in [4.78, 5) is 52.9. The third-order valence-corrected chi connectivity index (χ3v) is 8.63. The number of rotatable bonds is 9. The number of amides is 2. The second kappa shape index (κ2) is 18.1. The fourth-order valence-corrected chi connectivity index (χ4v) is 5.85. The maximum absolute atomic E-state index is 13.4. The molecule has 2 aromatic carbocycles. The second-order valence-electron chi connectivity index (χ2n) is 12.2. The zero-order valence-corrected chi connectivity index (χ0v) is 28.8. The lowest BCUT2D eigenvalue weighted by molar-refractivity contribution is -0.176. The van der Waals surface area contributed by atoms with Crippen LogP contribution in [0.1, 0.15) is 63.5 Å². The fraction of sp³-hybridized carbons (Fsp3) is 0.486. The number of ether oxygens (including phenoxy) is 3. The third-order valence-electron chi connectivity index (χ3n) is 7.82. The Bertz CT molecular complexity index is 1400. The molecular weight excluding hydrogens is 647 g/mol. The summed E-state index contributed by atoms with van der Waals surface area (Å²) in [6.07, 6.45) is -0.451. The molecule has 7 atom stereocenters. The van der Waals surface area contributed by atoms with Crippen molar-refractivity contribution in [3.63, 3.8) is 0 Å². The smallest absolute Gasteiger partial charge is 0.347 e. The normalized spacial score (nSPS) is 24.3. The average Bonchev–Trinajstić information content (AvgIpc) is 3.02. The van der Waals surface area contributed by atoms with Crippen LogP contribution in [0.2, 0.25) is 5.02 Å². The number of cyclic esters (lactones) is 2. The van der Waals surface area contributed by atoms with Gasteiger partial charge in [0.15, 0.2) is 6.10 Å². The maximum atomic E-state index is 13.4. The molecule has 256 valence electrons. The largest absolute Gasteiger partial charge is 0.495 e. The standard InChI is InChI=1S/C35H44Cl2N2O8/c1-20(2)16-29-35(44)47-27(22(4)33(42)32(37)24-10-7-6-8-11-24)12-9-13-30(40)39-26(34(43)38-21(3)17-31(41)46-29)19-23-14-15-28(45-5)25(36)18-23/h6-11,13-15,18,20-22,26-27,29,32-33,42H,12,16-17,19H2,1-5H3,(H,38,43)(H,39,40)/b13-9+. The summed E-state index contributed by atoms with van der Waals surface area (Å²) in [5.74, 6) is -2.82. The van der Waals surface area contributed by atoms with Gasteiger partial charge in [0, 0.05) is 24.8 Å². The highest BCUT2D eigenvalue weighted by molar-refractivity contribution is 6.32. The molecule has 0 aromatic heterocycles. The van der Waals surface area contributed by atoms with Gasteiger partial charge in [0.05, 0.1) is 30.0 Å². The first-order valence-electron chi connectivity index (χ1n) is 15.7. The van der Waals surface area contributed by atoms with E-state index in [1.807, 2.05) is 19.9 Å². The Morgan fingerprint density at radius 3 is 2.36 bits per heavy atom. The summed E-state index contributed by atoms with van der Waals surface area (Å²) in [6, 6.07) is 12.4. The van der Waals surface area contributed by atoms with Crippen molar-refractivity contribution in [1.29, 1.82) is 0 Å². The van der Waals surface area contributed by atoms with Gasteiger partial charge in [0.2, 0.25) is 11.8 Å². The van der Waals surface area contributed by atoms with Gasteiger partial charge >= 0.3 is 11.9 Å². The van der Waals surface area contributed by atoms with Gasteiger partial charge in [-0.2, -0.15) is 0 Å². The molecule has 0 spiro atoms. The summed E-state index contributed by atoms with van der Waals surface area (Å²) in [7, 11) is 1.49. The van der Waals surface area contributed by atoms with E-state index in [9.17, 15) is 24.3 Å². The van der Waals surface area contributed by atoms with E-state index in [-0.39, 0.29) is 31.6 Å². The van der Waals surface area contributed by atoms with Crippen molar-refractivity contribution in [2.24, 2.45) is 11.8 Å². The van der Waals surface area contributed by atoms with Crippen molar-refractivity contribution in [3.8, 4) is 5.75 Å². The van der Waals surface area contributed by atoms with E-state index in [0.29, 0.717) is 21.9 Å². The van der Waals surface area contributed by atoms with Crippen molar-refractivity contribution in [2.45, 2.75) is 89.2 Å². The van der Waals surface area contributed by atoms with E-state index >= 15 is 0 Å². The first kappa shape index (κ1) is 37.9. The Morgan fingerprint density at radius 2 is 1.72 bits per heavy atom. The van der Waals surface area contributed by atoms with Crippen LogP contribution in [0.3, 0.4) is 0 Å². The summed E-state index contributed by atoms with van der Waals surface area (Å²) in [6.45, 7) is 7.07. The van der Waals surface area contributed by atoms with E-state index < -0.39 is 65.4 Å². The quantitative estimate of drug-likeness (QED) is 0.245. The zero-order chi connectivity index (χ0) is 34.7. The topological polar surface area (TPSA) is 140 Å². The van der Waals surface area contributed by atoms with Gasteiger partial charge in [0.25, 0.3) is 0 Å². The molecule has 0 aliphatic carbocycles. The van der Waals surface area contributed by atoms with Gasteiger partial charge < -0.3 is 30.0 Å². The van der Waals surface area contributed by atoms with E-state index in [4.69, 9.17) is 37.4 Å². The van der Waals surface area contributed by atoms with E-state index in [1.54, 1.807) is 56.3 Å². The van der Waals surface area contributed by atoms with E-state index in [2.05, 4.69) is 10.6 Å². The second-order valence-corrected chi connectivity index (χ2v) is 13.1. The van der Waals surface area contributed by atoms with Gasteiger partial charge in [-0.05, 0) is 48.6 Å². The highest BCUT2D eigenvalue weighted by Gasteiger charge is 2.35. The van der Waals surface area contributed by atoms with Crippen LogP contribution in [0, 0.1) is 11.8 Å². The minimum Gasteiger partial charge on any atom is -0.495 e. The lowest BCUT2D eigenvalue weighted by Crippen LogP contribution is -2.50. The minimum absolute atomic E-state index is 0.0225. The van der Waals surface area contributed by atoms with Crippen LogP contribution in [0.5, 0.6) is 5.75 Å². The summed E-state index contributed by atoms with van der Waals surface area (Å²) in [5.41, 5.74) is 1.35. The number of halogens is 2. The first-order valence-corrected chi connectivity index (χ1v) is 16.5. The molecule has 12 heteroatoms. The molecule has 0 fully saturated rings. The van der Waals surface area contributed by atoms with Gasteiger partial charge in [-0.1, -0.05) is 74.8 Å². The molecule has 0 radical (unpaired) electrons. The minimum atomic E-state index is -1.22. The number of esters is 2. The highest BCUT2D eigenvalue weighted by Crippen LogP contribution is 2.32. The summed E-state index contributed by atoms with van der Waals surface area (Å²) in [5, 5.41) is 16.2. The highest BCUT2D eigenvalue weighted by atomic mass is 35.5. The molecule has 1 aliphatic rings. The van der Waals surface area contributed by atoms with Crippen LogP contribution < -0.4 is 15.4 Å². The third kappa shape index (κ3) is 11.6. The maximum Gasteiger partial charge on any atom is 0.347 e. The molecule has 0 saturated carbocycles. The lowest BCUT2D eigenvalue weighted by Gasteiger charge is -2.31. The van der Waals surface area contributed by atoms with Gasteiger partial charge in [0.1, 0.15) is 17.9 Å². The number of aliphatic hydroxyl groups excluding tert-OH is 1. The number of methoxy groups -OCH3 is 1. The molecule has 3 rings (SSSR count). The SMILES string of the molecule is COc1ccc(CC2NC(=O)/C=C/CC(C(C)C(O)C(Cl)c3ccccc3)OC(=O)C(CC(C)C)OC(=O)CC(C)NC2=O)cc1Cl. The number of hydrogen-bond acceptors (Lipinski definition) is 8. The van der Waals surface area contributed by atoms with Crippen molar-refractivity contribution >= 4 is 47.0 Å². The Balaban J connectivity index is 1.92. The monoisotopic (exact) mass is 690 g/mol. The molecule has 0 saturated heterocycles. The fourth-order valence-electron chi connectivity index (χ4n) is 5.20. The number of nitrogens with one attached hydrogen (secondary N) is 2. The molecule has 2 aromatic rings. The van der Waals surface area contributed by atoms with Gasteiger partial charge in [-0.25, -0.2) is 4.79 Å². The van der Waals surface area contributed by atoms with Crippen molar-refractivity contribution in [3.05, 3.63) is 76.8 Å². The van der Waals surface area contributed by atoms with Crippen LogP contribution in [-0.2, 0) is 35.1 Å². The van der Waals surface area contributed by atoms with Crippen LogP contribution in [-0.4, -0.2) is 66.4 Å². The number of carbonyl (C=O) groups is 4. The molecule has 7 unspecified atom stereocenters. The molecule has 0 bridgehead atoms. The van der Waals surface area contributed by atoms with Crippen LogP contribution in [0.4, 0.5) is 0 Å². The molecule has 47 heavy (non-hydrogen) atoms. The predicted octanol–water partition coefficient (Wildman–Crippen LogP) is 5.08. The number of benzene rings is 2. The van der Waals surface area contributed by atoms with Gasteiger partial charge in [-0.3, -0.25) is 14.4 Å². The van der Waals surface area contributed by atoms with Gasteiger partial charge in [-0.15, -0.1) is 11.6 Å². The number of aliphatic hydroxyl groups is 1. The van der Waals surface area contributed by atoms with E-state index in [0.717, 1.165) is 0 Å². The average molecular weight is 692 g/mol. The summed E-state index contributed by atoms with van der Waals surface area (Å²) < 4.78 is 16.7. The summed E-state index contributed by atoms with van der Waals surface area (Å²) >= 11 is 12.9. The van der Waals surface area contributed by atoms with Crippen LogP contribution in [0.25, 0.3) is 0 Å². The Morgan fingerprint density at radius 1 is 1.02 bits per heavy atom. The molecule has 3 N–H and O–H groups in total. The number of carbonyl (C=O) groups excluding carboxylic acids is 4. The Labute approximate surface area is 286 Å². The number of alkyl halides is 1. The van der Waals surface area contributed by atoms with Crippen molar-refractivity contribution < 1.29 is 38.5 Å². The van der Waals surface area contributed by atoms with Crippen LogP contribution >= 0.6 is 23.2 Å². The van der Waals surface area contributed by atoms with Crippen molar-refractivity contribution in [1.82, 2.24) is 10.6 Å².